The Morgan fingerprint density at radius 2 is 1.12 bits per heavy atom. The molecule has 5 nitrogen and oxygen atoms in total. The van der Waals surface area contributed by atoms with E-state index in [-0.39, 0.29) is 30.1 Å². The Kier molecular flexibility index (Phi) is 4.09. The van der Waals surface area contributed by atoms with Crippen molar-refractivity contribution in [2.75, 3.05) is 0 Å². The topological polar surface area (TPSA) is 74.7 Å². The molecule has 4 aliphatic rings. The van der Waals surface area contributed by atoms with E-state index >= 15 is 0 Å². The van der Waals surface area contributed by atoms with Gasteiger partial charge < -0.3 is 5.11 Å². The smallest absolute Gasteiger partial charge is 0.327 e. The van der Waals surface area contributed by atoms with Crippen LogP contribution < -0.4 is 0 Å². The van der Waals surface area contributed by atoms with Crippen LogP contribution in [0.25, 0.3) is 0 Å². The molecule has 3 aromatic rings. The lowest BCUT2D eigenvalue weighted by molar-refractivity contribution is -0.155. The van der Waals surface area contributed by atoms with Crippen LogP contribution in [0.15, 0.2) is 78.9 Å². The average molecular weight is 423 g/mol. The third kappa shape index (κ3) is 2.48. The predicted octanol–water partition coefficient (Wildman–Crippen LogP) is 3.57. The number of likely N-dealkylation sites (tertiary alicyclic amines) is 1. The Morgan fingerprint density at radius 3 is 1.53 bits per heavy atom. The number of rotatable bonds is 4. The molecule has 32 heavy (non-hydrogen) atoms. The highest BCUT2D eigenvalue weighted by molar-refractivity contribution is 6.10. The van der Waals surface area contributed by atoms with Gasteiger partial charge in [-0.1, -0.05) is 78.9 Å². The number of imide groups is 1. The standard InChI is InChI=1S/C27H21NO4/c29-25-23-21-16-10-4-5-11-17(16)22(19-13-7-6-12-18(19)21)24(23)26(30)28(25)20(27(31)32)14-15-8-2-1-3-9-15/h1-13,20-24H,14H2,(H,31,32)/t20-,21?,22?,23+,24+/m0/s1. The van der Waals surface area contributed by atoms with Crippen LogP contribution in [0.5, 0.6) is 0 Å². The summed E-state index contributed by atoms with van der Waals surface area (Å²) in [6, 6.07) is 24.0. The Hall–Kier alpha value is -3.73. The van der Waals surface area contributed by atoms with E-state index in [0.717, 1.165) is 32.7 Å². The number of carbonyl (C=O) groups excluding carboxylic acids is 2. The molecular weight excluding hydrogens is 402 g/mol. The van der Waals surface area contributed by atoms with Gasteiger partial charge in [0.1, 0.15) is 6.04 Å². The minimum atomic E-state index is -1.21. The highest BCUT2D eigenvalue weighted by atomic mass is 16.4. The third-order valence-corrected chi connectivity index (χ3v) is 7.35. The zero-order chi connectivity index (χ0) is 22.0. The number of carbonyl (C=O) groups is 3. The Balaban J connectivity index is 1.47. The fourth-order valence-electron chi connectivity index (χ4n) is 6.13. The average Bonchev–Trinajstić information content (AvgIpc) is 3.08. The van der Waals surface area contributed by atoms with Crippen LogP contribution >= 0.6 is 0 Å². The molecule has 1 N–H and O–H groups in total. The van der Waals surface area contributed by atoms with Crippen LogP contribution in [0, 0.1) is 11.8 Å². The van der Waals surface area contributed by atoms with Crippen molar-refractivity contribution in [2.45, 2.75) is 24.3 Å². The van der Waals surface area contributed by atoms with Crippen LogP contribution in [-0.4, -0.2) is 33.8 Å². The summed E-state index contributed by atoms with van der Waals surface area (Å²) in [5.74, 6) is -3.46. The maximum Gasteiger partial charge on any atom is 0.327 e. The number of benzene rings is 3. The van der Waals surface area contributed by atoms with E-state index in [1.165, 1.54) is 0 Å². The van der Waals surface area contributed by atoms with Gasteiger partial charge in [-0.2, -0.15) is 0 Å². The Labute approximate surface area is 185 Å². The number of nitrogens with zero attached hydrogens (tertiary/aromatic N) is 1. The molecule has 0 aromatic heterocycles. The fraction of sp³-hybridized carbons (Fsp3) is 0.222. The largest absolute Gasteiger partial charge is 0.480 e. The lowest BCUT2D eigenvalue weighted by Crippen LogP contribution is -2.47. The van der Waals surface area contributed by atoms with Crippen LogP contribution in [0.4, 0.5) is 0 Å². The summed E-state index contributed by atoms with van der Waals surface area (Å²) in [6.07, 6.45) is 0.0995. The Bertz CT molecular complexity index is 1150. The summed E-state index contributed by atoms with van der Waals surface area (Å²) in [5.41, 5.74) is 5.10. The maximum absolute atomic E-state index is 13.7. The first kappa shape index (κ1) is 19.0. The van der Waals surface area contributed by atoms with Gasteiger partial charge in [-0.25, -0.2) is 4.79 Å². The van der Waals surface area contributed by atoms with Crippen molar-refractivity contribution in [3.05, 3.63) is 107 Å². The molecule has 0 spiro atoms. The van der Waals surface area contributed by atoms with Crippen molar-refractivity contribution in [2.24, 2.45) is 11.8 Å². The van der Waals surface area contributed by atoms with E-state index < -0.39 is 23.8 Å². The lowest BCUT2D eigenvalue weighted by atomic mass is 9.55. The number of aliphatic carboxylic acids is 1. The van der Waals surface area contributed by atoms with E-state index in [2.05, 4.69) is 0 Å². The zero-order valence-corrected chi connectivity index (χ0v) is 17.2. The molecule has 1 saturated heterocycles. The molecule has 158 valence electrons. The van der Waals surface area contributed by atoms with E-state index in [1.807, 2.05) is 78.9 Å². The maximum atomic E-state index is 13.7. The van der Waals surface area contributed by atoms with Crippen molar-refractivity contribution in [3.63, 3.8) is 0 Å². The van der Waals surface area contributed by atoms with Gasteiger partial charge in [-0.15, -0.1) is 0 Å². The zero-order valence-electron chi connectivity index (χ0n) is 17.2. The Morgan fingerprint density at radius 1 is 0.719 bits per heavy atom. The van der Waals surface area contributed by atoms with Crippen LogP contribution in [0.1, 0.15) is 39.7 Å². The molecule has 7 rings (SSSR count). The second kappa shape index (κ2) is 6.89. The molecule has 3 atom stereocenters. The van der Waals surface area contributed by atoms with Gasteiger partial charge >= 0.3 is 5.97 Å². The predicted molar refractivity (Wildman–Crippen MR) is 117 cm³/mol. The molecule has 2 amide bonds. The summed E-state index contributed by atoms with van der Waals surface area (Å²) >= 11 is 0. The second-order valence-electron chi connectivity index (χ2n) is 8.85. The quantitative estimate of drug-likeness (QED) is 0.651. The van der Waals surface area contributed by atoms with E-state index in [9.17, 15) is 19.5 Å². The molecule has 0 radical (unpaired) electrons. The number of hydrogen-bond acceptors (Lipinski definition) is 3. The summed E-state index contributed by atoms with van der Waals surface area (Å²) in [4.78, 5) is 40.8. The van der Waals surface area contributed by atoms with Gasteiger partial charge in [0.05, 0.1) is 11.8 Å². The number of carboxylic acids is 1. The first-order chi connectivity index (χ1) is 15.6. The molecule has 0 saturated carbocycles. The van der Waals surface area contributed by atoms with Gasteiger partial charge in [0.15, 0.2) is 0 Å². The molecule has 2 bridgehead atoms. The number of amides is 2. The molecule has 5 heteroatoms. The molecule has 1 fully saturated rings. The molecule has 0 unspecified atom stereocenters. The van der Waals surface area contributed by atoms with E-state index in [0.29, 0.717) is 0 Å². The van der Waals surface area contributed by atoms with Gasteiger partial charge in [0.2, 0.25) is 11.8 Å². The highest BCUT2D eigenvalue weighted by Crippen LogP contribution is 2.61. The first-order valence-electron chi connectivity index (χ1n) is 10.9. The first-order valence-corrected chi connectivity index (χ1v) is 10.9. The minimum absolute atomic E-state index is 0.0995. The molecule has 1 heterocycles. The SMILES string of the molecule is O=C(O)[C@H](Cc1ccccc1)N1C(=O)[C@@H]2C3c4ccccc4C(c4ccccc43)[C@H]2C1=O. The van der Waals surface area contributed by atoms with Gasteiger partial charge in [-0.05, 0) is 27.8 Å². The summed E-state index contributed by atoms with van der Waals surface area (Å²) in [6.45, 7) is 0. The summed E-state index contributed by atoms with van der Waals surface area (Å²) in [7, 11) is 0. The number of hydrogen-bond donors (Lipinski definition) is 1. The van der Waals surface area contributed by atoms with E-state index in [4.69, 9.17) is 0 Å². The van der Waals surface area contributed by atoms with Crippen molar-refractivity contribution in [1.29, 1.82) is 0 Å². The van der Waals surface area contributed by atoms with Crippen molar-refractivity contribution in [3.8, 4) is 0 Å². The normalized spacial score (nSPS) is 25.8. The fourth-order valence-corrected chi connectivity index (χ4v) is 6.13. The van der Waals surface area contributed by atoms with Crippen molar-refractivity contribution < 1.29 is 19.5 Å². The summed E-state index contributed by atoms with van der Waals surface area (Å²) in [5, 5.41) is 10.0. The van der Waals surface area contributed by atoms with Crippen molar-refractivity contribution >= 4 is 17.8 Å². The van der Waals surface area contributed by atoms with Gasteiger partial charge in [0, 0.05) is 18.3 Å². The molecule has 3 aliphatic carbocycles. The monoisotopic (exact) mass is 423 g/mol. The molecular formula is C27H21NO4. The molecule has 1 aliphatic heterocycles. The third-order valence-electron chi connectivity index (χ3n) is 7.35. The second-order valence-corrected chi connectivity index (χ2v) is 8.85. The highest BCUT2D eigenvalue weighted by Gasteiger charge is 2.63. The minimum Gasteiger partial charge on any atom is -0.480 e. The van der Waals surface area contributed by atoms with Crippen LogP contribution in [-0.2, 0) is 20.8 Å². The van der Waals surface area contributed by atoms with Crippen molar-refractivity contribution in [1.82, 2.24) is 4.90 Å². The molecule has 3 aromatic carbocycles. The van der Waals surface area contributed by atoms with Crippen LogP contribution in [0.3, 0.4) is 0 Å². The number of carboxylic acid groups (broad SMARTS) is 1. The lowest BCUT2D eigenvalue weighted by Gasteiger charge is -2.45. The van der Waals surface area contributed by atoms with Crippen LogP contribution in [0.2, 0.25) is 0 Å². The summed E-state index contributed by atoms with van der Waals surface area (Å²) < 4.78 is 0. The van der Waals surface area contributed by atoms with Gasteiger partial charge in [0.25, 0.3) is 0 Å². The van der Waals surface area contributed by atoms with Gasteiger partial charge in [-0.3, -0.25) is 14.5 Å². The van der Waals surface area contributed by atoms with E-state index in [1.54, 1.807) is 0 Å².